The SMILES string of the molecule is CC(C)NCC(C)N(C)c1cccc(F)c1. The summed E-state index contributed by atoms with van der Waals surface area (Å²) in [6.45, 7) is 7.26. The fourth-order valence-electron chi connectivity index (χ4n) is 1.49. The molecule has 90 valence electrons. The summed E-state index contributed by atoms with van der Waals surface area (Å²) < 4.78 is 13.1. The van der Waals surface area contributed by atoms with Crippen molar-refractivity contribution in [2.45, 2.75) is 32.9 Å². The minimum atomic E-state index is -0.187. The molecule has 16 heavy (non-hydrogen) atoms. The summed E-state index contributed by atoms with van der Waals surface area (Å²) in [7, 11) is 1.99. The molecule has 0 fully saturated rings. The number of anilines is 1. The zero-order valence-electron chi connectivity index (χ0n) is 10.5. The van der Waals surface area contributed by atoms with Crippen LogP contribution >= 0.6 is 0 Å². The van der Waals surface area contributed by atoms with Crippen LogP contribution in [0.1, 0.15) is 20.8 Å². The number of hydrogen-bond acceptors (Lipinski definition) is 2. The molecule has 1 aromatic carbocycles. The first kappa shape index (κ1) is 13.0. The van der Waals surface area contributed by atoms with Crippen molar-refractivity contribution < 1.29 is 4.39 Å². The van der Waals surface area contributed by atoms with E-state index in [1.165, 1.54) is 6.07 Å². The Morgan fingerprint density at radius 1 is 1.31 bits per heavy atom. The van der Waals surface area contributed by atoms with Gasteiger partial charge in [0, 0.05) is 31.4 Å². The summed E-state index contributed by atoms with van der Waals surface area (Å²) in [4.78, 5) is 2.08. The molecule has 1 aromatic rings. The zero-order chi connectivity index (χ0) is 12.1. The van der Waals surface area contributed by atoms with Crippen molar-refractivity contribution in [1.29, 1.82) is 0 Å². The Labute approximate surface area is 97.5 Å². The first-order chi connectivity index (χ1) is 7.50. The Hall–Kier alpha value is -1.09. The maximum Gasteiger partial charge on any atom is 0.125 e. The summed E-state index contributed by atoms with van der Waals surface area (Å²) in [6, 6.07) is 7.51. The molecule has 0 aliphatic heterocycles. The van der Waals surface area contributed by atoms with Crippen LogP contribution in [0.5, 0.6) is 0 Å². The molecule has 1 rings (SSSR count). The first-order valence-electron chi connectivity index (χ1n) is 5.72. The van der Waals surface area contributed by atoms with Crippen LogP contribution in [-0.4, -0.2) is 25.7 Å². The highest BCUT2D eigenvalue weighted by Crippen LogP contribution is 2.15. The second kappa shape index (κ2) is 5.85. The average Bonchev–Trinajstić information content (AvgIpc) is 2.24. The molecular formula is C13H21FN2. The van der Waals surface area contributed by atoms with Crippen molar-refractivity contribution in [2.24, 2.45) is 0 Å². The highest BCUT2D eigenvalue weighted by atomic mass is 19.1. The molecule has 2 nitrogen and oxygen atoms in total. The molecule has 0 aliphatic rings. The van der Waals surface area contributed by atoms with Gasteiger partial charge in [-0.25, -0.2) is 4.39 Å². The summed E-state index contributed by atoms with van der Waals surface area (Å²) >= 11 is 0. The van der Waals surface area contributed by atoms with Gasteiger partial charge in [0.05, 0.1) is 0 Å². The van der Waals surface area contributed by atoms with Gasteiger partial charge in [-0.3, -0.25) is 0 Å². The minimum absolute atomic E-state index is 0.187. The second-order valence-corrected chi connectivity index (χ2v) is 4.50. The summed E-state index contributed by atoms with van der Waals surface area (Å²) in [6.07, 6.45) is 0. The standard InChI is InChI=1S/C13H21FN2/c1-10(2)15-9-11(3)16(4)13-7-5-6-12(14)8-13/h5-8,10-11,15H,9H2,1-4H3. The molecule has 0 aliphatic carbocycles. The van der Waals surface area contributed by atoms with E-state index in [1.807, 2.05) is 13.1 Å². The third-order valence-corrected chi connectivity index (χ3v) is 2.70. The number of rotatable bonds is 5. The van der Waals surface area contributed by atoms with Crippen LogP contribution in [-0.2, 0) is 0 Å². The van der Waals surface area contributed by atoms with Gasteiger partial charge in [-0.15, -0.1) is 0 Å². The molecule has 1 atom stereocenters. The van der Waals surface area contributed by atoms with Crippen molar-refractivity contribution in [3.05, 3.63) is 30.1 Å². The molecule has 1 unspecified atom stereocenters. The maximum absolute atomic E-state index is 13.1. The van der Waals surface area contributed by atoms with Gasteiger partial charge in [-0.2, -0.15) is 0 Å². The quantitative estimate of drug-likeness (QED) is 0.827. The monoisotopic (exact) mass is 224 g/mol. The molecule has 0 saturated heterocycles. The van der Waals surface area contributed by atoms with E-state index < -0.39 is 0 Å². The van der Waals surface area contributed by atoms with Crippen LogP contribution in [0, 0.1) is 5.82 Å². The lowest BCUT2D eigenvalue weighted by Gasteiger charge is -2.28. The van der Waals surface area contributed by atoms with Crippen LogP contribution < -0.4 is 10.2 Å². The first-order valence-corrected chi connectivity index (χ1v) is 5.72. The van der Waals surface area contributed by atoms with Crippen molar-refractivity contribution in [1.82, 2.24) is 5.32 Å². The van der Waals surface area contributed by atoms with Gasteiger partial charge in [-0.1, -0.05) is 19.9 Å². The van der Waals surface area contributed by atoms with E-state index >= 15 is 0 Å². The molecule has 0 saturated carbocycles. The molecule has 0 aromatic heterocycles. The molecule has 1 N–H and O–H groups in total. The summed E-state index contributed by atoms with van der Waals surface area (Å²) in [5.74, 6) is -0.187. The van der Waals surface area contributed by atoms with Gasteiger partial charge in [0.2, 0.25) is 0 Å². The van der Waals surface area contributed by atoms with Gasteiger partial charge in [0.15, 0.2) is 0 Å². The number of nitrogens with zero attached hydrogens (tertiary/aromatic N) is 1. The van der Waals surface area contributed by atoms with E-state index in [2.05, 4.69) is 31.0 Å². The van der Waals surface area contributed by atoms with E-state index in [0.29, 0.717) is 12.1 Å². The van der Waals surface area contributed by atoms with E-state index in [4.69, 9.17) is 0 Å². The maximum atomic E-state index is 13.1. The van der Waals surface area contributed by atoms with Crippen molar-refractivity contribution in [3.63, 3.8) is 0 Å². The van der Waals surface area contributed by atoms with Gasteiger partial charge in [-0.05, 0) is 25.1 Å². The second-order valence-electron chi connectivity index (χ2n) is 4.50. The van der Waals surface area contributed by atoms with Gasteiger partial charge in [0.1, 0.15) is 5.82 Å². The molecule has 0 radical (unpaired) electrons. The Morgan fingerprint density at radius 2 is 2.00 bits per heavy atom. The van der Waals surface area contributed by atoms with Crippen molar-refractivity contribution >= 4 is 5.69 Å². The molecule has 0 spiro atoms. The average molecular weight is 224 g/mol. The highest BCUT2D eigenvalue weighted by molar-refractivity contribution is 5.46. The molecule has 0 amide bonds. The van der Waals surface area contributed by atoms with Gasteiger partial charge in [0.25, 0.3) is 0 Å². The van der Waals surface area contributed by atoms with Crippen LogP contribution in [0.15, 0.2) is 24.3 Å². The van der Waals surface area contributed by atoms with Gasteiger partial charge >= 0.3 is 0 Å². The molecule has 0 heterocycles. The van der Waals surface area contributed by atoms with Gasteiger partial charge < -0.3 is 10.2 Å². The van der Waals surface area contributed by atoms with Crippen LogP contribution in [0.4, 0.5) is 10.1 Å². The lowest BCUT2D eigenvalue weighted by atomic mass is 10.2. The van der Waals surface area contributed by atoms with Crippen molar-refractivity contribution in [3.8, 4) is 0 Å². The summed E-state index contributed by atoms with van der Waals surface area (Å²) in [5, 5.41) is 3.38. The van der Waals surface area contributed by atoms with Crippen LogP contribution in [0.3, 0.4) is 0 Å². The molecule has 0 bridgehead atoms. The number of halogens is 1. The normalized spacial score (nSPS) is 12.9. The predicted molar refractivity (Wildman–Crippen MR) is 67.4 cm³/mol. The van der Waals surface area contributed by atoms with E-state index in [9.17, 15) is 4.39 Å². The van der Waals surface area contributed by atoms with E-state index in [-0.39, 0.29) is 5.82 Å². The smallest absolute Gasteiger partial charge is 0.125 e. The van der Waals surface area contributed by atoms with E-state index in [0.717, 1.165) is 12.2 Å². The van der Waals surface area contributed by atoms with Crippen LogP contribution in [0.2, 0.25) is 0 Å². The van der Waals surface area contributed by atoms with E-state index in [1.54, 1.807) is 12.1 Å². The minimum Gasteiger partial charge on any atom is -0.371 e. The Bertz CT molecular complexity index is 325. The fourth-order valence-corrected chi connectivity index (χ4v) is 1.49. The lowest BCUT2D eigenvalue weighted by Crippen LogP contribution is -2.40. The molecular weight excluding hydrogens is 203 g/mol. The number of hydrogen-bond donors (Lipinski definition) is 1. The predicted octanol–water partition coefficient (Wildman–Crippen LogP) is 2.65. The number of benzene rings is 1. The fraction of sp³-hybridized carbons (Fsp3) is 0.538. The number of nitrogens with one attached hydrogen (secondary N) is 1. The Balaban J connectivity index is 2.59. The van der Waals surface area contributed by atoms with Crippen LogP contribution in [0.25, 0.3) is 0 Å². The largest absolute Gasteiger partial charge is 0.371 e. The third kappa shape index (κ3) is 3.81. The topological polar surface area (TPSA) is 15.3 Å². The molecule has 3 heteroatoms. The zero-order valence-corrected chi connectivity index (χ0v) is 10.5. The Kier molecular flexibility index (Phi) is 4.74. The summed E-state index contributed by atoms with van der Waals surface area (Å²) in [5.41, 5.74) is 0.915. The lowest BCUT2D eigenvalue weighted by molar-refractivity contribution is 0.531. The highest BCUT2D eigenvalue weighted by Gasteiger charge is 2.10. The third-order valence-electron chi connectivity index (χ3n) is 2.70. The number of likely N-dealkylation sites (N-methyl/N-ethyl adjacent to an activating group) is 1. The Morgan fingerprint density at radius 3 is 2.56 bits per heavy atom. The van der Waals surface area contributed by atoms with Crippen molar-refractivity contribution in [2.75, 3.05) is 18.5 Å².